The zero-order valence-corrected chi connectivity index (χ0v) is 11.1. The summed E-state index contributed by atoms with van der Waals surface area (Å²) in [7, 11) is 0. The molecule has 0 aliphatic heterocycles. The van der Waals surface area contributed by atoms with Crippen LogP contribution < -0.4 is 0 Å². The highest BCUT2D eigenvalue weighted by Gasteiger charge is 2.08. The minimum absolute atomic E-state index is 0.0543. The van der Waals surface area contributed by atoms with Gasteiger partial charge in [0, 0.05) is 21.5 Å². The first kappa shape index (κ1) is 13.5. The van der Waals surface area contributed by atoms with Crippen LogP contribution in [0.2, 0.25) is 5.02 Å². The summed E-state index contributed by atoms with van der Waals surface area (Å²) in [6, 6.07) is 9.56. The topological polar surface area (TPSA) is 60.2 Å². The van der Waals surface area contributed by atoms with Crippen LogP contribution in [-0.2, 0) is 0 Å². The van der Waals surface area contributed by atoms with Crippen LogP contribution in [0, 0.1) is 10.1 Å². The number of nitrogens with zero attached hydrogens (tertiary/aromatic N) is 1. The van der Waals surface area contributed by atoms with Crippen molar-refractivity contribution in [3.63, 3.8) is 0 Å². The summed E-state index contributed by atoms with van der Waals surface area (Å²) >= 11 is 6.75. The minimum Gasteiger partial charge on any atom is -0.289 e. The molecule has 0 amide bonds. The summed E-state index contributed by atoms with van der Waals surface area (Å²) in [6.45, 7) is 0. The van der Waals surface area contributed by atoms with E-state index in [4.69, 9.17) is 11.6 Å². The van der Waals surface area contributed by atoms with Gasteiger partial charge < -0.3 is 0 Å². The zero-order chi connectivity index (χ0) is 13.8. The van der Waals surface area contributed by atoms with Crippen LogP contribution in [0.25, 0.3) is 6.08 Å². The van der Waals surface area contributed by atoms with E-state index >= 15 is 0 Å². The predicted octanol–water partition coefficient (Wildman–Crippen LogP) is 4.21. The van der Waals surface area contributed by atoms with Crippen molar-refractivity contribution in [2.45, 2.75) is 0 Å². The zero-order valence-electron chi connectivity index (χ0n) is 9.58. The van der Waals surface area contributed by atoms with E-state index in [1.165, 1.54) is 12.1 Å². The SMILES string of the molecule is O=C(C=Cc1ccc([N+](=O)[O-])s1)c1ccc(Cl)cc1. The summed E-state index contributed by atoms with van der Waals surface area (Å²) in [4.78, 5) is 22.5. The smallest absolute Gasteiger partial charge is 0.289 e. The lowest BCUT2D eigenvalue weighted by Crippen LogP contribution is -1.92. The lowest BCUT2D eigenvalue weighted by molar-refractivity contribution is -0.380. The van der Waals surface area contributed by atoms with Crippen molar-refractivity contribution in [1.82, 2.24) is 0 Å². The molecule has 0 aliphatic rings. The van der Waals surface area contributed by atoms with E-state index in [1.807, 2.05) is 0 Å². The fraction of sp³-hybridized carbons (Fsp3) is 0. The van der Waals surface area contributed by atoms with Gasteiger partial charge in [-0.2, -0.15) is 0 Å². The Morgan fingerprint density at radius 3 is 2.47 bits per heavy atom. The quantitative estimate of drug-likeness (QED) is 0.367. The van der Waals surface area contributed by atoms with E-state index in [1.54, 1.807) is 36.4 Å². The molecule has 0 saturated heterocycles. The Labute approximate surface area is 118 Å². The monoisotopic (exact) mass is 293 g/mol. The van der Waals surface area contributed by atoms with Crippen LogP contribution in [0.5, 0.6) is 0 Å². The number of carbonyl (C=O) groups excluding carboxylic acids is 1. The molecule has 19 heavy (non-hydrogen) atoms. The van der Waals surface area contributed by atoms with Crippen molar-refractivity contribution in [1.29, 1.82) is 0 Å². The van der Waals surface area contributed by atoms with E-state index in [0.29, 0.717) is 15.5 Å². The maximum atomic E-state index is 11.8. The molecule has 0 bridgehead atoms. The van der Waals surface area contributed by atoms with Crippen molar-refractivity contribution in [2.24, 2.45) is 0 Å². The fourth-order valence-corrected chi connectivity index (χ4v) is 2.25. The second kappa shape index (κ2) is 5.77. The van der Waals surface area contributed by atoms with Crippen LogP contribution in [0.4, 0.5) is 5.00 Å². The molecule has 4 nitrogen and oxygen atoms in total. The second-order valence-corrected chi connectivity index (χ2v) is 5.17. The Morgan fingerprint density at radius 1 is 1.21 bits per heavy atom. The van der Waals surface area contributed by atoms with Gasteiger partial charge in [-0.05, 0) is 42.5 Å². The number of benzene rings is 1. The van der Waals surface area contributed by atoms with Gasteiger partial charge in [-0.3, -0.25) is 14.9 Å². The molecule has 0 N–H and O–H groups in total. The van der Waals surface area contributed by atoms with Crippen LogP contribution in [0.3, 0.4) is 0 Å². The Balaban J connectivity index is 2.11. The van der Waals surface area contributed by atoms with Gasteiger partial charge in [0.1, 0.15) is 0 Å². The van der Waals surface area contributed by atoms with E-state index in [0.717, 1.165) is 11.3 Å². The number of ketones is 1. The molecule has 96 valence electrons. The predicted molar refractivity (Wildman–Crippen MR) is 75.8 cm³/mol. The molecule has 0 aliphatic carbocycles. The highest BCUT2D eigenvalue weighted by Crippen LogP contribution is 2.25. The number of carbonyl (C=O) groups is 1. The number of rotatable bonds is 4. The molecule has 0 unspecified atom stereocenters. The third-order valence-corrected chi connectivity index (χ3v) is 3.57. The number of hydrogen-bond donors (Lipinski definition) is 0. The van der Waals surface area contributed by atoms with Gasteiger partial charge in [-0.25, -0.2) is 0 Å². The highest BCUT2D eigenvalue weighted by molar-refractivity contribution is 7.16. The molecular weight excluding hydrogens is 286 g/mol. The van der Waals surface area contributed by atoms with Crippen LogP contribution in [0.1, 0.15) is 15.2 Å². The maximum absolute atomic E-state index is 11.8. The van der Waals surface area contributed by atoms with Gasteiger partial charge in [0.2, 0.25) is 0 Å². The molecule has 1 aromatic carbocycles. The van der Waals surface area contributed by atoms with Gasteiger partial charge >= 0.3 is 5.00 Å². The van der Waals surface area contributed by atoms with E-state index < -0.39 is 4.92 Å². The number of nitro groups is 1. The fourth-order valence-electron chi connectivity index (χ4n) is 1.40. The Bertz CT molecular complexity index is 646. The summed E-state index contributed by atoms with van der Waals surface area (Å²) in [5.41, 5.74) is 0.520. The van der Waals surface area contributed by atoms with Crippen molar-refractivity contribution in [2.75, 3.05) is 0 Å². The summed E-state index contributed by atoms with van der Waals surface area (Å²) in [6.07, 6.45) is 2.95. The first-order valence-electron chi connectivity index (χ1n) is 5.28. The van der Waals surface area contributed by atoms with Crippen LogP contribution in [-0.4, -0.2) is 10.7 Å². The lowest BCUT2D eigenvalue weighted by atomic mass is 10.1. The Kier molecular flexibility index (Phi) is 4.09. The molecule has 0 atom stereocenters. The third kappa shape index (κ3) is 3.49. The molecule has 6 heteroatoms. The van der Waals surface area contributed by atoms with Gasteiger partial charge in [-0.15, -0.1) is 0 Å². The van der Waals surface area contributed by atoms with E-state index in [9.17, 15) is 14.9 Å². The molecule has 0 saturated carbocycles. The molecule has 1 heterocycles. The number of thiophene rings is 1. The van der Waals surface area contributed by atoms with Gasteiger partial charge in [0.25, 0.3) is 0 Å². The van der Waals surface area contributed by atoms with Gasteiger partial charge in [0.05, 0.1) is 4.92 Å². The normalized spacial score (nSPS) is 10.8. The van der Waals surface area contributed by atoms with Crippen molar-refractivity contribution < 1.29 is 9.72 Å². The molecule has 2 aromatic rings. The van der Waals surface area contributed by atoms with Crippen molar-refractivity contribution in [3.8, 4) is 0 Å². The van der Waals surface area contributed by atoms with E-state index in [2.05, 4.69) is 0 Å². The third-order valence-electron chi connectivity index (χ3n) is 2.32. The summed E-state index contributed by atoms with van der Waals surface area (Å²) in [5.74, 6) is -0.173. The first-order chi connectivity index (χ1) is 9.06. The number of allylic oxidation sites excluding steroid dienone is 1. The van der Waals surface area contributed by atoms with E-state index in [-0.39, 0.29) is 10.8 Å². The Morgan fingerprint density at radius 2 is 1.89 bits per heavy atom. The molecule has 0 spiro atoms. The molecule has 2 rings (SSSR count). The first-order valence-corrected chi connectivity index (χ1v) is 6.48. The molecule has 1 aromatic heterocycles. The largest absolute Gasteiger partial charge is 0.324 e. The average Bonchev–Trinajstić information content (AvgIpc) is 2.86. The van der Waals surface area contributed by atoms with Crippen LogP contribution >= 0.6 is 22.9 Å². The second-order valence-electron chi connectivity index (χ2n) is 3.64. The number of halogens is 1. The summed E-state index contributed by atoms with van der Waals surface area (Å²) < 4.78 is 0. The Hall–Kier alpha value is -1.98. The minimum atomic E-state index is -0.455. The van der Waals surface area contributed by atoms with Crippen molar-refractivity contribution >= 4 is 39.8 Å². The average molecular weight is 294 g/mol. The maximum Gasteiger partial charge on any atom is 0.324 e. The van der Waals surface area contributed by atoms with Gasteiger partial charge in [0.15, 0.2) is 5.78 Å². The summed E-state index contributed by atoms with van der Waals surface area (Å²) in [5, 5.41) is 11.1. The highest BCUT2D eigenvalue weighted by atomic mass is 35.5. The number of hydrogen-bond acceptors (Lipinski definition) is 4. The van der Waals surface area contributed by atoms with Crippen LogP contribution in [0.15, 0.2) is 42.5 Å². The van der Waals surface area contributed by atoms with Gasteiger partial charge in [-0.1, -0.05) is 22.9 Å². The standard InChI is InChI=1S/C13H8ClNO3S/c14-10-3-1-9(2-4-10)12(16)7-5-11-6-8-13(19-11)15(17)18/h1-8H. The molecular formula is C13H8ClNO3S. The molecule has 0 fully saturated rings. The molecule has 0 radical (unpaired) electrons. The lowest BCUT2D eigenvalue weighted by Gasteiger charge is -1.95. The van der Waals surface area contributed by atoms with Crippen molar-refractivity contribution in [3.05, 3.63) is 68.1 Å².